The SMILES string of the molecule is Cn1c(=O)c(Nc2ccc(N3CCN(C4COC4)CC3)cn2)cc2c(F)c(-c3cc[nH]n3)ccc21. The van der Waals surface area contributed by atoms with E-state index in [1.165, 1.54) is 4.57 Å². The molecule has 9 nitrogen and oxygen atoms in total. The van der Waals surface area contributed by atoms with Crippen LogP contribution in [0.4, 0.5) is 21.6 Å². The Kier molecular flexibility index (Phi) is 5.46. The summed E-state index contributed by atoms with van der Waals surface area (Å²) in [5.41, 5.74) is 2.43. The first kappa shape index (κ1) is 21.8. The minimum Gasteiger partial charge on any atom is -0.378 e. The zero-order chi connectivity index (χ0) is 23.9. The van der Waals surface area contributed by atoms with Crippen LogP contribution in [-0.2, 0) is 11.8 Å². The van der Waals surface area contributed by atoms with E-state index >= 15 is 4.39 Å². The topological polar surface area (TPSA) is 91.3 Å². The third-order valence-electron chi connectivity index (χ3n) is 6.95. The zero-order valence-electron chi connectivity index (χ0n) is 19.4. The number of H-pyrrole nitrogens is 1. The Labute approximate surface area is 201 Å². The fourth-order valence-electron chi connectivity index (χ4n) is 4.77. The molecule has 35 heavy (non-hydrogen) atoms. The van der Waals surface area contributed by atoms with Gasteiger partial charge in [-0.25, -0.2) is 9.37 Å². The number of nitrogens with zero attached hydrogens (tertiary/aromatic N) is 5. The summed E-state index contributed by atoms with van der Waals surface area (Å²) in [6.45, 7) is 5.57. The van der Waals surface area contributed by atoms with Crippen molar-refractivity contribution in [1.82, 2.24) is 24.6 Å². The summed E-state index contributed by atoms with van der Waals surface area (Å²) in [5, 5.41) is 10.2. The van der Waals surface area contributed by atoms with Gasteiger partial charge in [0.1, 0.15) is 17.3 Å². The Hall–Kier alpha value is -3.76. The summed E-state index contributed by atoms with van der Waals surface area (Å²) in [7, 11) is 1.63. The molecule has 0 radical (unpaired) electrons. The van der Waals surface area contributed by atoms with Gasteiger partial charge in [-0.15, -0.1) is 0 Å². The van der Waals surface area contributed by atoms with Crippen LogP contribution in [0.2, 0.25) is 0 Å². The molecule has 0 spiro atoms. The number of hydrogen-bond donors (Lipinski definition) is 2. The van der Waals surface area contributed by atoms with Crippen molar-refractivity contribution in [3.63, 3.8) is 0 Å². The molecule has 10 heteroatoms. The second-order valence-corrected chi connectivity index (χ2v) is 8.98. The maximum atomic E-state index is 15.4. The second-order valence-electron chi connectivity index (χ2n) is 8.98. The van der Waals surface area contributed by atoms with Crippen molar-refractivity contribution in [3.8, 4) is 11.3 Å². The number of ether oxygens (including phenoxy) is 1. The lowest BCUT2D eigenvalue weighted by Gasteiger charge is -2.43. The molecular weight excluding hydrogens is 449 g/mol. The van der Waals surface area contributed by atoms with Crippen LogP contribution in [0.25, 0.3) is 22.2 Å². The van der Waals surface area contributed by atoms with Crippen LogP contribution in [-0.4, -0.2) is 70.1 Å². The molecule has 3 aromatic heterocycles. The number of halogens is 1. The molecule has 5 heterocycles. The van der Waals surface area contributed by atoms with Crippen LogP contribution in [0.15, 0.2) is 53.6 Å². The first-order valence-corrected chi connectivity index (χ1v) is 11.7. The van der Waals surface area contributed by atoms with Crippen molar-refractivity contribution >= 4 is 28.1 Å². The fourth-order valence-corrected chi connectivity index (χ4v) is 4.77. The van der Waals surface area contributed by atoms with Gasteiger partial charge in [0.15, 0.2) is 0 Å². The first-order valence-electron chi connectivity index (χ1n) is 11.7. The van der Waals surface area contributed by atoms with E-state index in [1.807, 2.05) is 18.3 Å². The molecule has 180 valence electrons. The van der Waals surface area contributed by atoms with Crippen LogP contribution in [0, 0.1) is 5.82 Å². The lowest BCUT2D eigenvalue weighted by Crippen LogP contribution is -2.56. The number of hydrogen-bond acceptors (Lipinski definition) is 7. The van der Waals surface area contributed by atoms with E-state index in [4.69, 9.17) is 4.74 Å². The Morgan fingerprint density at radius 1 is 1.11 bits per heavy atom. The monoisotopic (exact) mass is 475 g/mol. The average Bonchev–Trinajstić information content (AvgIpc) is 3.38. The highest BCUT2D eigenvalue weighted by Gasteiger charge is 2.29. The number of pyridine rings is 2. The highest BCUT2D eigenvalue weighted by atomic mass is 19.1. The Morgan fingerprint density at radius 3 is 2.60 bits per heavy atom. The van der Waals surface area contributed by atoms with Gasteiger partial charge in [-0.1, -0.05) is 0 Å². The molecule has 2 saturated heterocycles. The Balaban J connectivity index is 1.23. The van der Waals surface area contributed by atoms with E-state index in [9.17, 15) is 4.79 Å². The van der Waals surface area contributed by atoms with E-state index < -0.39 is 5.82 Å². The Bertz CT molecular complexity index is 1410. The van der Waals surface area contributed by atoms with Crippen molar-refractivity contribution in [1.29, 1.82) is 0 Å². The van der Waals surface area contributed by atoms with E-state index in [1.54, 1.807) is 37.5 Å². The van der Waals surface area contributed by atoms with E-state index in [2.05, 4.69) is 30.3 Å². The van der Waals surface area contributed by atoms with Crippen molar-refractivity contribution < 1.29 is 9.13 Å². The van der Waals surface area contributed by atoms with Gasteiger partial charge in [-0.05, 0) is 36.4 Å². The quantitative estimate of drug-likeness (QED) is 0.459. The van der Waals surface area contributed by atoms with Gasteiger partial charge < -0.3 is 19.5 Å². The average molecular weight is 476 g/mol. The number of fused-ring (bicyclic) bond motifs is 1. The molecule has 0 atom stereocenters. The van der Waals surface area contributed by atoms with Crippen LogP contribution in [0.3, 0.4) is 0 Å². The zero-order valence-corrected chi connectivity index (χ0v) is 19.4. The lowest BCUT2D eigenvalue weighted by atomic mass is 10.1. The normalized spacial score (nSPS) is 17.0. The maximum absolute atomic E-state index is 15.4. The van der Waals surface area contributed by atoms with Gasteiger partial charge in [0.25, 0.3) is 5.56 Å². The van der Waals surface area contributed by atoms with E-state index in [0.717, 1.165) is 45.1 Å². The van der Waals surface area contributed by atoms with Crippen molar-refractivity contribution in [2.24, 2.45) is 7.05 Å². The van der Waals surface area contributed by atoms with Crippen molar-refractivity contribution in [2.75, 3.05) is 49.6 Å². The molecule has 6 rings (SSSR count). The summed E-state index contributed by atoms with van der Waals surface area (Å²) >= 11 is 0. The lowest BCUT2D eigenvalue weighted by molar-refractivity contribution is -0.0660. The largest absolute Gasteiger partial charge is 0.378 e. The molecule has 1 aromatic carbocycles. The minimum absolute atomic E-state index is 0.258. The van der Waals surface area contributed by atoms with Crippen LogP contribution < -0.4 is 15.8 Å². The molecule has 0 unspecified atom stereocenters. The number of anilines is 3. The first-order chi connectivity index (χ1) is 17.1. The smallest absolute Gasteiger partial charge is 0.274 e. The van der Waals surface area contributed by atoms with Crippen molar-refractivity contribution in [3.05, 3.63) is 65.0 Å². The highest BCUT2D eigenvalue weighted by Crippen LogP contribution is 2.29. The Morgan fingerprint density at radius 2 is 1.94 bits per heavy atom. The molecule has 0 bridgehead atoms. The van der Waals surface area contributed by atoms with Gasteiger partial charge in [-0.3, -0.25) is 14.8 Å². The van der Waals surface area contributed by atoms with E-state index in [0.29, 0.717) is 34.0 Å². The van der Waals surface area contributed by atoms with Gasteiger partial charge >= 0.3 is 0 Å². The van der Waals surface area contributed by atoms with Gasteiger partial charge in [0.05, 0.1) is 42.4 Å². The van der Waals surface area contributed by atoms with Crippen LogP contribution in [0.1, 0.15) is 0 Å². The minimum atomic E-state index is -0.427. The van der Waals surface area contributed by atoms with Crippen LogP contribution >= 0.6 is 0 Å². The number of aryl methyl sites for hydroxylation is 1. The summed E-state index contributed by atoms with van der Waals surface area (Å²) in [4.78, 5) is 22.3. The van der Waals surface area contributed by atoms with Gasteiger partial charge in [0.2, 0.25) is 0 Å². The van der Waals surface area contributed by atoms with Crippen molar-refractivity contribution in [2.45, 2.75) is 6.04 Å². The van der Waals surface area contributed by atoms with Gasteiger partial charge in [-0.2, -0.15) is 5.10 Å². The third kappa shape index (κ3) is 3.94. The number of nitrogens with one attached hydrogen (secondary N) is 2. The maximum Gasteiger partial charge on any atom is 0.274 e. The predicted octanol–water partition coefficient (Wildman–Crippen LogP) is 2.73. The molecule has 4 aromatic rings. The predicted molar refractivity (Wildman–Crippen MR) is 133 cm³/mol. The van der Waals surface area contributed by atoms with Crippen LogP contribution in [0.5, 0.6) is 0 Å². The highest BCUT2D eigenvalue weighted by molar-refractivity contribution is 5.88. The third-order valence-corrected chi connectivity index (χ3v) is 6.95. The van der Waals surface area contributed by atoms with Gasteiger partial charge in [0, 0.05) is 50.4 Å². The molecule has 2 aliphatic heterocycles. The molecule has 0 saturated carbocycles. The molecule has 0 amide bonds. The summed E-state index contributed by atoms with van der Waals surface area (Å²) in [6.07, 6.45) is 3.46. The fraction of sp³-hybridized carbons (Fsp3) is 0.320. The molecule has 2 fully saturated rings. The van der Waals surface area contributed by atoms with E-state index in [-0.39, 0.29) is 11.2 Å². The number of piperazine rings is 1. The molecule has 2 N–H and O–H groups in total. The number of benzene rings is 1. The molecule has 2 aliphatic rings. The molecular formula is C25H26FN7O2. The number of aromatic amines is 1. The summed E-state index contributed by atoms with van der Waals surface area (Å²) in [6, 6.07) is 11.0. The molecule has 0 aliphatic carbocycles. The summed E-state index contributed by atoms with van der Waals surface area (Å²) in [5.74, 6) is 0.100. The number of aromatic nitrogens is 4. The standard InChI is InChI=1S/C25H26FN7O2/c1-31-22-4-3-18(20-6-7-28-30-20)24(26)19(22)12-21(25(31)34)29-23-5-2-16(13-27-23)32-8-10-33(11-9-32)17-14-35-15-17/h2-7,12-13,17H,8-11,14-15H2,1H3,(H,27,29)(H,28,30). The summed E-state index contributed by atoms with van der Waals surface area (Å²) < 4.78 is 22.1. The number of rotatable bonds is 5. The second kappa shape index (κ2) is 8.79.